The lowest BCUT2D eigenvalue weighted by Crippen LogP contribution is -2.35. The first-order valence-electron chi connectivity index (χ1n) is 5.68. The number of nitrogens with one attached hydrogen (secondary N) is 1. The fourth-order valence-electron chi connectivity index (χ4n) is 0.721. The quantitative estimate of drug-likeness (QED) is 0.709. The summed E-state index contributed by atoms with van der Waals surface area (Å²) < 4.78 is 0. The molecule has 2 heteroatoms. The van der Waals surface area contributed by atoms with Gasteiger partial charge in [-0.25, -0.2) is 0 Å². The summed E-state index contributed by atoms with van der Waals surface area (Å²) in [5, 5.41) is 3.09. The van der Waals surface area contributed by atoms with Gasteiger partial charge in [-0.3, -0.25) is 0 Å². The maximum Gasteiger partial charge on any atom is 0.0294 e. The Morgan fingerprint density at radius 2 is 1.79 bits per heavy atom. The standard InChI is InChI=1S/C8H18N2.C4H10/c1-5-9-7-8(3)10(4)6-2;1-3-4-2/h5,8-9H,1,6-7H2,2-4H3;3-4H2,1-2H3. The third-order valence-corrected chi connectivity index (χ3v) is 2.31. The Balaban J connectivity index is 0. The summed E-state index contributed by atoms with van der Waals surface area (Å²) in [5.41, 5.74) is 0. The van der Waals surface area contributed by atoms with E-state index in [9.17, 15) is 0 Å². The molecule has 0 aromatic carbocycles. The molecule has 0 saturated carbocycles. The van der Waals surface area contributed by atoms with Crippen LogP contribution in [0.15, 0.2) is 12.8 Å². The van der Waals surface area contributed by atoms with E-state index in [1.54, 1.807) is 6.20 Å². The van der Waals surface area contributed by atoms with Gasteiger partial charge in [0.25, 0.3) is 0 Å². The highest BCUT2D eigenvalue weighted by Gasteiger charge is 2.03. The van der Waals surface area contributed by atoms with E-state index in [-0.39, 0.29) is 0 Å². The van der Waals surface area contributed by atoms with Gasteiger partial charge >= 0.3 is 0 Å². The number of hydrogen-bond donors (Lipinski definition) is 1. The fraction of sp³-hybridized carbons (Fsp3) is 0.833. The average Bonchev–Trinajstić information content (AvgIpc) is 2.24. The second-order valence-electron chi connectivity index (χ2n) is 3.53. The second kappa shape index (κ2) is 12.5. The maximum atomic E-state index is 3.59. The molecule has 1 unspecified atom stereocenters. The molecule has 0 radical (unpaired) electrons. The molecule has 1 atom stereocenters. The highest BCUT2D eigenvalue weighted by molar-refractivity contribution is 4.70. The summed E-state index contributed by atoms with van der Waals surface area (Å²) >= 11 is 0. The largest absolute Gasteiger partial charge is 0.390 e. The molecule has 0 spiro atoms. The molecule has 0 aromatic rings. The van der Waals surface area contributed by atoms with Crippen LogP contribution in [0.1, 0.15) is 40.5 Å². The summed E-state index contributed by atoms with van der Waals surface area (Å²) in [6, 6.07) is 0.586. The van der Waals surface area contributed by atoms with E-state index in [0.717, 1.165) is 13.1 Å². The number of likely N-dealkylation sites (N-methyl/N-ethyl adjacent to an activating group) is 1. The van der Waals surface area contributed by atoms with Gasteiger partial charge in [0.05, 0.1) is 0 Å². The van der Waals surface area contributed by atoms with Crippen molar-refractivity contribution in [2.45, 2.75) is 46.6 Å². The minimum absolute atomic E-state index is 0.586. The van der Waals surface area contributed by atoms with Crippen LogP contribution in [0.3, 0.4) is 0 Å². The molecule has 0 bridgehead atoms. The van der Waals surface area contributed by atoms with Crippen LogP contribution in [0, 0.1) is 0 Å². The predicted molar refractivity (Wildman–Crippen MR) is 66.5 cm³/mol. The fourth-order valence-corrected chi connectivity index (χ4v) is 0.721. The average molecular weight is 200 g/mol. The first kappa shape index (κ1) is 15.9. The molecule has 0 aromatic heterocycles. The van der Waals surface area contributed by atoms with Gasteiger partial charge in [-0.2, -0.15) is 0 Å². The maximum absolute atomic E-state index is 3.59. The Labute approximate surface area is 90.4 Å². The van der Waals surface area contributed by atoms with E-state index >= 15 is 0 Å². The number of unbranched alkanes of at least 4 members (excludes halogenated alkanes) is 1. The Hall–Kier alpha value is -0.500. The molecular formula is C12H28N2. The molecule has 0 saturated heterocycles. The molecule has 1 N–H and O–H groups in total. The van der Waals surface area contributed by atoms with Gasteiger partial charge in [-0.15, -0.1) is 0 Å². The van der Waals surface area contributed by atoms with Crippen LogP contribution in [0.2, 0.25) is 0 Å². The summed E-state index contributed by atoms with van der Waals surface area (Å²) in [4.78, 5) is 2.29. The van der Waals surface area contributed by atoms with Crippen molar-refractivity contribution < 1.29 is 0 Å². The lowest BCUT2D eigenvalue weighted by Gasteiger charge is -2.22. The first-order valence-corrected chi connectivity index (χ1v) is 5.68. The van der Waals surface area contributed by atoms with Crippen LogP contribution >= 0.6 is 0 Å². The molecule has 14 heavy (non-hydrogen) atoms. The zero-order valence-corrected chi connectivity index (χ0v) is 10.6. The Morgan fingerprint density at radius 3 is 2.07 bits per heavy atom. The predicted octanol–water partition coefficient (Wildman–Crippen LogP) is 2.87. The van der Waals surface area contributed by atoms with Gasteiger partial charge in [-0.05, 0) is 26.7 Å². The van der Waals surface area contributed by atoms with Gasteiger partial charge in [0.15, 0.2) is 0 Å². The number of nitrogens with zero attached hydrogens (tertiary/aromatic N) is 1. The van der Waals surface area contributed by atoms with Crippen molar-refractivity contribution in [1.82, 2.24) is 10.2 Å². The SMILES string of the molecule is C=CNCC(C)N(C)CC.CCCC. The third kappa shape index (κ3) is 11.5. The molecule has 0 rings (SSSR count). The van der Waals surface area contributed by atoms with E-state index in [4.69, 9.17) is 0 Å². The van der Waals surface area contributed by atoms with Gasteiger partial charge in [-0.1, -0.05) is 40.2 Å². The normalized spacial score (nSPS) is 11.6. The van der Waals surface area contributed by atoms with E-state index in [1.165, 1.54) is 12.8 Å². The third-order valence-electron chi connectivity index (χ3n) is 2.31. The van der Waals surface area contributed by atoms with Crippen molar-refractivity contribution in [2.75, 3.05) is 20.1 Å². The summed E-state index contributed by atoms with van der Waals surface area (Å²) in [5.74, 6) is 0. The van der Waals surface area contributed by atoms with Crippen molar-refractivity contribution >= 4 is 0 Å². The highest BCUT2D eigenvalue weighted by Crippen LogP contribution is 1.91. The number of rotatable bonds is 6. The van der Waals surface area contributed by atoms with E-state index in [0.29, 0.717) is 6.04 Å². The summed E-state index contributed by atoms with van der Waals surface area (Å²) in [6.07, 6.45) is 4.38. The van der Waals surface area contributed by atoms with E-state index in [2.05, 4.69) is 51.5 Å². The van der Waals surface area contributed by atoms with Crippen molar-refractivity contribution in [2.24, 2.45) is 0 Å². The molecule has 0 heterocycles. The van der Waals surface area contributed by atoms with Crippen LogP contribution in [-0.4, -0.2) is 31.1 Å². The zero-order chi connectivity index (χ0) is 11.4. The lowest BCUT2D eigenvalue weighted by molar-refractivity contribution is 0.269. The number of hydrogen-bond acceptors (Lipinski definition) is 2. The molecule has 0 amide bonds. The van der Waals surface area contributed by atoms with Crippen LogP contribution in [0.25, 0.3) is 0 Å². The van der Waals surface area contributed by atoms with Gasteiger partial charge in [0, 0.05) is 12.6 Å². The molecule has 0 fully saturated rings. The molecule has 2 nitrogen and oxygen atoms in total. The second-order valence-corrected chi connectivity index (χ2v) is 3.53. The molecule has 0 aliphatic heterocycles. The van der Waals surface area contributed by atoms with Gasteiger partial charge in [0.1, 0.15) is 0 Å². The van der Waals surface area contributed by atoms with Crippen molar-refractivity contribution in [3.63, 3.8) is 0 Å². The van der Waals surface area contributed by atoms with Crippen LogP contribution in [0.5, 0.6) is 0 Å². The summed E-state index contributed by atoms with van der Waals surface area (Å²) in [6.45, 7) is 14.4. The van der Waals surface area contributed by atoms with Crippen LogP contribution in [0.4, 0.5) is 0 Å². The minimum atomic E-state index is 0.586. The lowest BCUT2D eigenvalue weighted by atomic mass is 10.3. The van der Waals surface area contributed by atoms with Gasteiger partial charge in [0.2, 0.25) is 0 Å². The minimum Gasteiger partial charge on any atom is -0.390 e. The van der Waals surface area contributed by atoms with Crippen molar-refractivity contribution in [3.05, 3.63) is 12.8 Å². The van der Waals surface area contributed by atoms with Crippen molar-refractivity contribution in [3.8, 4) is 0 Å². The molecule has 0 aliphatic carbocycles. The molecule has 0 aliphatic rings. The Bertz CT molecular complexity index is 111. The van der Waals surface area contributed by atoms with E-state index in [1.807, 2.05) is 0 Å². The van der Waals surface area contributed by atoms with Crippen LogP contribution < -0.4 is 5.32 Å². The highest BCUT2D eigenvalue weighted by atomic mass is 15.1. The zero-order valence-electron chi connectivity index (χ0n) is 10.6. The topological polar surface area (TPSA) is 15.3 Å². The van der Waals surface area contributed by atoms with Crippen molar-refractivity contribution in [1.29, 1.82) is 0 Å². The monoisotopic (exact) mass is 200 g/mol. The Kier molecular flexibility index (Phi) is 14.2. The van der Waals surface area contributed by atoms with Crippen LogP contribution in [-0.2, 0) is 0 Å². The first-order chi connectivity index (χ1) is 6.63. The van der Waals surface area contributed by atoms with Gasteiger partial charge < -0.3 is 10.2 Å². The molecule has 86 valence electrons. The summed E-state index contributed by atoms with van der Waals surface area (Å²) in [7, 11) is 2.12. The Morgan fingerprint density at radius 1 is 1.29 bits per heavy atom. The van der Waals surface area contributed by atoms with E-state index < -0.39 is 0 Å². The smallest absolute Gasteiger partial charge is 0.0294 e. The molecular weight excluding hydrogens is 172 g/mol.